The van der Waals surface area contributed by atoms with Crippen LogP contribution in [0.3, 0.4) is 0 Å². The minimum Gasteiger partial charge on any atom is -0.375 e. The topological polar surface area (TPSA) is 44.8 Å². The zero-order chi connectivity index (χ0) is 16.6. The number of rotatable bonds is 5. The SMILES string of the molecule is O=C(CC1CNCCO1)N1CCN(CC=Cc2ccccc2)CC1. The highest BCUT2D eigenvalue weighted by Gasteiger charge is 2.24. The number of piperazine rings is 1. The number of hydrogen-bond acceptors (Lipinski definition) is 4. The van der Waals surface area contributed by atoms with Gasteiger partial charge in [0.25, 0.3) is 0 Å². The number of carbonyl (C=O) groups excluding carboxylic acids is 1. The summed E-state index contributed by atoms with van der Waals surface area (Å²) in [5.41, 5.74) is 1.23. The molecule has 1 aromatic rings. The molecule has 2 saturated heterocycles. The van der Waals surface area contributed by atoms with E-state index < -0.39 is 0 Å². The van der Waals surface area contributed by atoms with Crippen molar-refractivity contribution in [2.24, 2.45) is 0 Å². The molecule has 2 aliphatic rings. The Kier molecular flexibility index (Phi) is 6.41. The zero-order valence-corrected chi connectivity index (χ0v) is 14.2. The lowest BCUT2D eigenvalue weighted by Crippen LogP contribution is -2.50. The minimum absolute atomic E-state index is 0.0399. The van der Waals surface area contributed by atoms with E-state index in [1.807, 2.05) is 11.0 Å². The summed E-state index contributed by atoms with van der Waals surface area (Å²) in [5.74, 6) is 0.225. The summed E-state index contributed by atoms with van der Waals surface area (Å²) in [7, 11) is 0. The lowest BCUT2D eigenvalue weighted by molar-refractivity contribution is -0.136. The van der Waals surface area contributed by atoms with Crippen molar-refractivity contribution < 1.29 is 9.53 Å². The second-order valence-electron chi connectivity index (χ2n) is 6.40. The Labute approximate surface area is 144 Å². The highest BCUT2D eigenvalue weighted by Crippen LogP contribution is 2.09. The van der Waals surface area contributed by atoms with Crippen LogP contribution in [0, 0.1) is 0 Å². The molecule has 5 nitrogen and oxygen atoms in total. The molecule has 1 N–H and O–H groups in total. The van der Waals surface area contributed by atoms with E-state index in [0.717, 1.165) is 45.8 Å². The van der Waals surface area contributed by atoms with E-state index in [-0.39, 0.29) is 12.0 Å². The van der Waals surface area contributed by atoms with Gasteiger partial charge in [-0.05, 0) is 5.56 Å². The van der Waals surface area contributed by atoms with E-state index in [1.165, 1.54) is 5.56 Å². The summed E-state index contributed by atoms with van der Waals surface area (Å²) in [6.45, 7) is 6.83. The van der Waals surface area contributed by atoms with Crippen LogP contribution >= 0.6 is 0 Å². The van der Waals surface area contributed by atoms with Crippen molar-refractivity contribution in [3.8, 4) is 0 Å². The summed E-state index contributed by atoms with van der Waals surface area (Å²) in [5, 5.41) is 3.28. The summed E-state index contributed by atoms with van der Waals surface area (Å²) in [6.07, 6.45) is 4.90. The molecular formula is C19H27N3O2. The maximum Gasteiger partial charge on any atom is 0.225 e. The Morgan fingerprint density at radius 3 is 2.71 bits per heavy atom. The van der Waals surface area contributed by atoms with Crippen molar-refractivity contribution >= 4 is 12.0 Å². The highest BCUT2D eigenvalue weighted by atomic mass is 16.5. The normalized spacial score (nSPS) is 22.8. The van der Waals surface area contributed by atoms with Crippen LogP contribution in [-0.4, -0.2) is 74.2 Å². The molecule has 1 aromatic carbocycles. The molecule has 0 radical (unpaired) electrons. The first-order valence-corrected chi connectivity index (χ1v) is 8.85. The Balaban J connectivity index is 1.37. The number of nitrogens with one attached hydrogen (secondary N) is 1. The van der Waals surface area contributed by atoms with Gasteiger partial charge in [0.2, 0.25) is 5.91 Å². The van der Waals surface area contributed by atoms with E-state index >= 15 is 0 Å². The third-order valence-electron chi connectivity index (χ3n) is 4.61. The molecule has 2 aliphatic heterocycles. The van der Waals surface area contributed by atoms with E-state index in [0.29, 0.717) is 13.0 Å². The first-order chi connectivity index (χ1) is 11.8. The van der Waals surface area contributed by atoms with E-state index in [2.05, 4.69) is 46.6 Å². The van der Waals surface area contributed by atoms with Crippen LogP contribution < -0.4 is 5.32 Å². The molecule has 5 heteroatoms. The maximum absolute atomic E-state index is 12.4. The fourth-order valence-corrected chi connectivity index (χ4v) is 3.16. The summed E-state index contributed by atoms with van der Waals surface area (Å²) in [6, 6.07) is 10.3. The number of amides is 1. The van der Waals surface area contributed by atoms with Gasteiger partial charge in [-0.1, -0.05) is 42.5 Å². The standard InChI is InChI=1S/C19H27N3O2/c23-19(15-18-16-20-8-14-24-18)22-12-10-21(11-13-22)9-4-7-17-5-2-1-3-6-17/h1-7,18,20H,8-16H2. The van der Waals surface area contributed by atoms with Gasteiger partial charge in [-0.25, -0.2) is 0 Å². The average Bonchev–Trinajstić information content (AvgIpc) is 2.64. The number of hydrogen-bond donors (Lipinski definition) is 1. The first-order valence-electron chi connectivity index (χ1n) is 8.85. The predicted molar refractivity (Wildman–Crippen MR) is 95.7 cm³/mol. The van der Waals surface area contributed by atoms with Gasteiger partial charge < -0.3 is 15.0 Å². The fourth-order valence-electron chi connectivity index (χ4n) is 3.16. The van der Waals surface area contributed by atoms with Crippen LogP contribution in [0.4, 0.5) is 0 Å². The third kappa shape index (κ3) is 5.16. The summed E-state index contributed by atoms with van der Waals surface area (Å²) >= 11 is 0. The first kappa shape index (κ1) is 17.1. The molecule has 24 heavy (non-hydrogen) atoms. The van der Waals surface area contributed by atoms with Crippen molar-refractivity contribution in [3.05, 3.63) is 42.0 Å². The van der Waals surface area contributed by atoms with E-state index in [9.17, 15) is 4.79 Å². The van der Waals surface area contributed by atoms with Gasteiger partial charge in [-0.3, -0.25) is 9.69 Å². The zero-order valence-electron chi connectivity index (χ0n) is 14.2. The Morgan fingerprint density at radius 1 is 1.21 bits per heavy atom. The number of morpholine rings is 1. The largest absolute Gasteiger partial charge is 0.375 e. The molecule has 3 rings (SSSR count). The highest BCUT2D eigenvalue weighted by molar-refractivity contribution is 5.76. The Bertz CT molecular complexity index is 533. The minimum atomic E-state index is 0.0399. The van der Waals surface area contributed by atoms with Gasteiger partial charge in [0, 0.05) is 45.8 Å². The van der Waals surface area contributed by atoms with Crippen molar-refractivity contribution in [2.45, 2.75) is 12.5 Å². The van der Waals surface area contributed by atoms with Crippen LogP contribution in [0.1, 0.15) is 12.0 Å². The molecule has 130 valence electrons. The van der Waals surface area contributed by atoms with Crippen molar-refractivity contribution in [3.63, 3.8) is 0 Å². The lowest BCUT2D eigenvalue weighted by atomic mass is 10.2. The van der Waals surface area contributed by atoms with Gasteiger partial charge in [-0.2, -0.15) is 0 Å². The van der Waals surface area contributed by atoms with Crippen molar-refractivity contribution in [2.75, 3.05) is 52.4 Å². The third-order valence-corrected chi connectivity index (χ3v) is 4.61. The molecule has 0 bridgehead atoms. The second-order valence-corrected chi connectivity index (χ2v) is 6.40. The van der Waals surface area contributed by atoms with E-state index in [4.69, 9.17) is 4.74 Å². The summed E-state index contributed by atoms with van der Waals surface area (Å²) in [4.78, 5) is 16.7. The van der Waals surface area contributed by atoms with Gasteiger partial charge in [0.1, 0.15) is 0 Å². The van der Waals surface area contributed by atoms with Crippen LogP contribution in [0.25, 0.3) is 6.08 Å². The van der Waals surface area contributed by atoms with Crippen LogP contribution in [-0.2, 0) is 9.53 Å². The van der Waals surface area contributed by atoms with Gasteiger partial charge in [0.15, 0.2) is 0 Å². The molecule has 2 fully saturated rings. The molecule has 0 aromatic heterocycles. The number of ether oxygens (including phenoxy) is 1. The molecule has 0 aliphatic carbocycles. The predicted octanol–water partition coefficient (Wildman–Crippen LogP) is 1.22. The fraction of sp³-hybridized carbons (Fsp3) is 0.526. The van der Waals surface area contributed by atoms with Crippen LogP contribution in [0.15, 0.2) is 36.4 Å². The number of nitrogens with zero attached hydrogens (tertiary/aromatic N) is 2. The smallest absolute Gasteiger partial charge is 0.225 e. The number of benzene rings is 1. The number of carbonyl (C=O) groups is 1. The van der Waals surface area contributed by atoms with Crippen LogP contribution in [0.5, 0.6) is 0 Å². The molecule has 1 amide bonds. The molecule has 1 atom stereocenters. The van der Waals surface area contributed by atoms with E-state index in [1.54, 1.807) is 0 Å². The lowest BCUT2D eigenvalue weighted by Gasteiger charge is -2.35. The van der Waals surface area contributed by atoms with Crippen LogP contribution in [0.2, 0.25) is 0 Å². The van der Waals surface area contributed by atoms with Gasteiger partial charge >= 0.3 is 0 Å². The van der Waals surface area contributed by atoms with Gasteiger partial charge in [0.05, 0.1) is 19.1 Å². The molecule has 0 spiro atoms. The average molecular weight is 329 g/mol. The summed E-state index contributed by atoms with van der Waals surface area (Å²) < 4.78 is 5.63. The Morgan fingerprint density at radius 2 is 2.00 bits per heavy atom. The van der Waals surface area contributed by atoms with Crippen molar-refractivity contribution in [1.29, 1.82) is 0 Å². The van der Waals surface area contributed by atoms with Crippen molar-refractivity contribution in [1.82, 2.24) is 15.1 Å². The second kappa shape index (κ2) is 8.97. The molecule has 1 unspecified atom stereocenters. The molecule has 2 heterocycles. The maximum atomic E-state index is 12.4. The molecule has 0 saturated carbocycles. The molecular weight excluding hydrogens is 302 g/mol. The Hall–Kier alpha value is -1.69. The van der Waals surface area contributed by atoms with Gasteiger partial charge in [-0.15, -0.1) is 0 Å². The monoisotopic (exact) mass is 329 g/mol. The quantitative estimate of drug-likeness (QED) is 0.882.